The minimum atomic E-state index is 0.539. The third-order valence-corrected chi connectivity index (χ3v) is 4.11. The minimum Gasteiger partial charge on any atom is -0.268 e. The third-order valence-electron chi connectivity index (χ3n) is 1.55. The fourth-order valence-electron chi connectivity index (χ4n) is 0.912. The maximum Gasteiger partial charge on any atom is 0.124 e. The Morgan fingerprint density at radius 2 is 2.67 bits per heavy atom. The Balaban J connectivity index is 2.07. The van der Waals surface area contributed by atoms with Crippen LogP contribution in [0.1, 0.15) is 19.8 Å². The quantitative estimate of drug-likeness (QED) is 0.511. The van der Waals surface area contributed by atoms with Gasteiger partial charge in [-0.15, -0.1) is 6.58 Å². The highest BCUT2D eigenvalue weighted by atomic mass is 32.2. The van der Waals surface area contributed by atoms with Crippen molar-refractivity contribution in [3.8, 4) is 0 Å². The van der Waals surface area contributed by atoms with E-state index in [2.05, 4.69) is 18.5 Å². The largest absolute Gasteiger partial charge is 0.268 e. The molecule has 3 heteroatoms. The maximum absolute atomic E-state index is 4.50. The van der Waals surface area contributed by atoms with Crippen LogP contribution in [0.3, 0.4) is 0 Å². The molecule has 1 aliphatic heterocycles. The van der Waals surface area contributed by atoms with Crippen molar-refractivity contribution in [2.75, 3.05) is 11.5 Å². The van der Waals surface area contributed by atoms with Crippen molar-refractivity contribution in [2.45, 2.75) is 25.8 Å². The van der Waals surface area contributed by atoms with Gasteiger partial charge in [-0.05, 0) is 19.8 Å². The molecule has 12 heavy (non-hydrogen) atoms. The molecule has 0 spiro atoms. The lowest BCUT2D eigenvalue weighted by atomic mass is 10.3. The van der Waals surface area contributed by atoms with Gasteiger partial charge < -0.3 is 0 Å². The number of rotatable bonds is 4. The Morgan fingerprint density at radius 1 is 1.83 bits per heavy atom. The molecule has 0 unspecified atom stereocenters. The van der Waals surface area contributed by atoms with Crippen molar-refractivity contribution in [3.63, 3.8) is 0 Å². The highest BCUT2D eigenvalue weighted by Crippen LogP contribution is 2.26. The Hall–Kier alpha value is 0.110. The Kier molecular flexibility index (Phi) is 4.84. The average Bonchev–Trinajstić information content (AvgIpc) is 2.45. The first-order chi connectivity index (χ1) is 5.83. The predicted octanol–water partition coefficient (Wildman–Crippen LogP) is 3.18. The summed E-state index contributed by atoms with van der Waals surface area (Å²) in [6.45, 7) is 5.87. The van der Waals surface area contributed by atoms with Crippen LogP contribution in [0.4, 0.5) is 0 Å². The molecule has 68 valence electrons. The second kappa shape index (κ2) is 5.70. The molecule has 1 heterocycles. The first kappa shape index (κ1) is 10.2. The van der Waals surface area contributed by atoms with Crippen molar-refractivity contribution in [2.24, 2.45) is 4.99 Å². The van der Waals surface area contributed by atoms with Crippen molar-refractivity contribution < 1.29 is 0 Å². The van der Waals surface area contributed by atoms with Gasteiger partial charge in [0.05, 0.1) is 6.04 Å². The molecule has 0 amide bonds. The fourth-order valence-corrected chi connectivity index (χ4v) is 3.15. The Labute approximate surface area is 83.1 Å². The van der Waals surface area contributed by atoms with E-state index in [1.165, 1.54) is 22.3 Å². The zero-order chi connectivity index (χ0) is 8.81. The van der Waals surface area contributed by atoms with Gasteiger partial charge in [0.15, 0.2) is 0 Å². The van der Waals surface area contributed by atoms with Gasteiger partial charge in [0.2, 0.25) is 0 Å². The number of thioether (sulfide) groups is 2. The number of hydrogen-bond donors (Lipinski definition) is 0. The second-order valence-electron chi connectivity index (χ2n) is 2.83. The Bertz CT molecular complexity index is 177. The van der Waals surface area contributed by atoms with Gasteiger partial charge >= 0.3 is 0 Å². The SMILES string of the molecule is C=CCCCSC1=N[C@H](C)CS1. The summed E-state index contributed by atoms with van der Waals surface area (Å²) in [5.41, 5.74) is 0. The molecule has 1 rings (SSSR count). The number of unbranched alkanes of at least 4 members (excludes halogenated alkanes) is 1. The van der Waals surface area contributed by atoms with Crippen LogP contribution in [0.25, 0.3) is 0 Å². The minimum absolute atomic E-state index is 0.539. The van der Waals surface area contributed by atoms with E-state index in [0.29, 0.717) is 6.04 Å². The summed E-state index contributed by atoms with van der Waals surface area (Å²) in [7, 11) is 0. The lowest BCUT2D eigenvalue weighted by Crippen LogP contribution is -1.92. The molecule has 1 nitrogen and oxygen atoms in total. The Morgan fingerprint density at radius 3 is 3.25 bits per heavy atom. The standard InChI is InChI=1S/C9H15NS2/c1-3-4-5-6-11-9-10-8(2)7-12-9/h3,8H,1,4-7H2,2H3/t8-/m1/s1. The topological polar surface area (TPSA) is 12.4 Å². The van der Waals surface area contributed by atoms with Crippen LogP contribution in [0.2, 0.25) is 0 Å². The first-order valence-corrected chi connectivity index (χ1v) is 6.24. The zero-order valence-electron chi connectivity index (χ0n) is 7.45. The molecule has 1 atom stereocenters. The van der Waals surface area contributed by atoms with Crippen LogP contribution in [-0.2, 0) is 0 Å². The van der Waals surface area contributed by atoms with Gasteiger partial charge in [-0.1, -0.05) is 29.6 Å². The van der Waals surface area contributed by atoms with E-state index in [1.54, 1.807) is 0 Å². The van der Waals surface area contributed by atoms with E-state index in [0.717, 1.165) is 6.42 Å². The number of aliphatic imine (C=N–C) groups is 1. The predicted molar refractivity (Wildman–Crippen MR) is 61.2 cm³/mol. The van der Waals surface area contributed by atoms with Crippen molar-refractivity contribution in [1.29, 1.82) is 0 Å². The normalized spacial score (nSPS) is 22.4. The number of allylic oxidation sites excluding steroid dienone is 1. The van der Waals surface area contributed by atoms with Crippen LogP contribution >= 0.6 is 23.5 Å². The van der Waals surface area contributed by atoms with Crippen LogP contribution in [0.15, 0.2) is 17.6 Å². The van der Waals surface area contributed by atoms with Gasteiger partial charge in [0, 0.05) is 11.5 Å². The second-order valence-corrected chi connectivity index (χ2v) is 5.19. The molecule has 0 N–H and O–H groups in total. The van der Waals surface area contributed by atoms with E-state index in [9.17, 15) is 0 Å². The summed E-state index contributed by atoms with van der Waals surface area (Å²) in [6.07, 6.45) is 4.33. The fraction of sp³-hybridized carbons (Fsp3) is 0.667. The van der Waals surface area contributed by atoms with E-state index in [-0.39, 0.29) is 0 Å². The van der Waals surface area contributed by atoms with Crippen LogP contribution < -0.4 is 0 Å². The zero-order valence-corrected chi connectivity index (χ0v) is 9.09. The number of hydrogen-bond acceptors (Lipinski definition) is 3. The highest BCUT2D eigenvalue weighted by molar-refractivity contribution is 8.39. The molecular weight excluding hydrogens is 186 g/mol. The highest BCUT2D eigenvalue weighted by Gasteiger charge is 2.13. The molecule has 1 aliphatic rings. The molecule has 0 bridgehead atoms. The smallest absolute Gasteiger partial charge is 0.124 e. The molecule has 0 aromatic rings. The summed E-state index contributed by atoms with van der Waals surface area (Å²) in [5.74, 6) is 2.36. The maximum atomic E-state index is 4.50. The van der Waals surface area contributed by atoms with Gasteiger partial charge in [0.25, 0.3) is 0 Å². The van der Waals surface area contributed by atoms with Crippen molar-refractivity contribution in [1.82, 2.24) is 0 Å². The molecule has 0 aromatic heterocycles. The monoisotopic (exact) mass is 201 g/mol. The lowest BCUT2D eigenvalue weighted by molar-refractivity contribution is 0.867. The van der Waals surface area contributed by atoms with Gasteiger partial charge in [-0.25, -0.2) is 0 Å². The summed E-state index contributed by atoms with van der Waals surface area (Å²) >= 11 is 3.79. The van der Waals surface area contributed by atoms with E-state index < -0.39 is 0 Å². The summed E-state index contributed by atoms with van der Waals surface area (Å²) in [5, 5.41) is 0. The van der Waals surface area contributed by atoms with E-state index in [1.807, 2.05) is 29.6 Å². The summed E-state index contributed by atoms with van der Waals surface area (Å²) < 4.78 is 1.28. The van der Waals surface area contributed by atoms with E-state index in [4.69, 9.17) is 0 Å². The molecule has 0 aliphatic carbocycles. The van der Waals surface area contributed by atoms with Gasteiger partial charge in [-0.2, -0.15) is 0 Å². The van der Waals surface area contributed by atoms with Crippen molar-refractivity contribution >= 4 is 27.9 Å². The summed E-state index contributed by atoms with van der Waals surface area (Å²) in [4.78, 5) is 4.50. The summed E-state index contributed by atoms with van der Waals surface area (Å²) in [6, 6.07) is 0.539. The first-order valence-electron chi connectivity index (χ1n) is 4.27. The number of nitrogens with zero attached hydrogens (tertiary/aromatic N) is 1. The lowest BCUT2D eigenvalue weighted by Gasteiger charge is -1.96. The van der Waals surface area contributed by atoms with E-state index >= 15 is 0 Å². The molecule has 0 saturated heterocycles. The van der Waals surface area contributed by atoms with Gasteiger partial charge in [0.1, 0.15) is 4.38 Å². The molecule has 0 aromatic carbocycles. The van der Waals surface area contributed by atoms with Crippen LogP contribution in [0, 0.1) is 0 Å². The average molecular weight is 201 g/mol. The van der Waals surface area contributed by atoms with Crippen LogP contribution in [0.5, 0.6) is 0 Å². The molecule has 0 radical (unpaired) electrons. The third kappa shape index (κ3) is 3.68. The molecular formula is C9H15NS2. The molecule has 0 saturated carbocycles. The van der Waals surface area contributed by atoms with Crippen molar-refractivity contribution in [3.05, 3.63) is 12.7 Å². The van der Waals surface area contributed by atoms with Crippen LogP contribution in [-0.4, -0.2) is 21.9 Å². The van der Waals surface area contributed by atoms with Gasteiger partial charge in [-0.3, -0.25) is 4.99 Å². The molecule has 0 fully saturated rings.